The molecule has 4 unspecified atom stereocenters. The van der Waals surface area contributed by atoms with E-state index in [9.17, 15) is 0 Å². The lowest BCUT2D eigenvalue weighted by Gasteiger charge is -2.43. The summed E-state index contributed by atoms with van der Waals surface area (Å²) in [7, 11) is 0. The summed E-state index contributed by atoms with van der Waals surface area (Å²) in [6.45, 7) is 13.0. The molecule has 0 radical (unpaired) electrons. The highest BCUT2D eigenvalue weighted by Gasteiger charge is 2.44. The molecule has 4 heteroatoms. The van der Waals surface area contributed by atoms with Crippen LogP contribution in [0.4, 0.5) is 0 Å². The smallest absolute Gasteiger partial charge is 0.0939 e. The van der Waals surface area contributed by atoms with E-state index in [0.717, 1.165) is 52.2 Å². The van der Waals surface area contributed by atoms with Gasteiger partial charge in [-0.3, -0.25) is 0 Å². The standard InChI is InChI=1S/C17H33NO3/c1-5-18-15(16(13(3)4)20-6-2)14-7-9-21-17(11-14)8-10-19-12-17/h13-16,18H,5-12H2,1-4H3. The summed E-state index contributed by atoms with van der Waals surface area (Å²) >= 11 is 0. The zero-order chi connectivity index (χ0) is 15.3. The highest BCUT2D eigenvalue weighted by molar-refractivity contribution is 4.96. The number of rotatable bonds is 7. The molecule has 2 fully saturated rings. The summed E-state index contributed by atoms with van der Waals surface area (Å²) in [6.07, 6.45) is 3.54. The van der Waals surface area contributed by atoms with E-state index in [0.29, 0.717) is 17.9 Å². The molecule has 1 N–H and O–H groups in total. The molecule has 0 aliphatic carbocycles. The zero-order valence-electron chi connectivity index (χ0n) is 14.2. The lowest BCUT2D eigenvalue weighted by Crippen LogP contribution is -2.53. The quantitative estimate of drug-likeness (QED) is 0.784. The van der Waals surface area contributed by atoms with Crippen LogP contribution in [0.25, 0.3) is 0 Å². The molecule has 124 valence electrons. The minimum Gasteiger partial charge on any atom is -0.378 e. The zero-order valence-corrected chi connectivity index (χ0v) is 14.2. The van der Waals surface area contributed by atoms with Crippen LogP contribution in [0.1, 0.15) is 47.0 Å². The monoisotopic (exact) mass is 299 g/mol. The first-order valence-electron chi connectivity index (χ1n) is 8.68. The van der Waals surface area contributed by atoms with Crippen molar-refractivity contribution in [2.75, 3.05) is 33.0 Å². The van der Waals surface area contributed by atoms with E-state index in [1.54, 1.807) is 0 Å². The number of nitrogens with one attached hydrogen (secondary N) is 1. The number of likely N-dealkylation sites (N-methyl/N-ethyl adjacent to an activating group) is 1. The van der Waals surface area contributed by atoms with Gasteiger partial charge in [-0.15, -0.1) is 0 Å². The van der Waals surface area contributed by atoms with Crippen molar-refractivity contribution in [3.8, 4) is 0 Å². The molecular formula is C17H33NO3. The number of hydrogen-bond donors (Lipinski definition) is 1. The summed E-state index contributed by atoms with van der Waals surface area (Å²) in [5, 5.41) is 3.70. The van der Waals surface area contributed by atoms with Crippen LogP contribution in [-0.2, 0) is 14.2 Å². The van der Waals surface area contributed by atoms with Gasteiger partial charge in [-0.25, -0.2) is 0 Å². The van der Waals surface area contributed by atoms with Gasteiger partial charge in [-0.1, -0.05) is 20.8 Å². The first-order chi connectivity index (χ1) is 10.1. The van der Waals surface area contributed by atoms with Crippen LogP contribution in [0.3, 0.4) is 0 Å². The lowest BCUT2D eigenvalue weighted by atomic mass is 9.77. The molecule has 4 atom stereocenters. The molecule has 2 saturated heterocycles. The molecule has 0 aromatic carbocycles. The topological polar surface area (TPSA) is 39.7 Å². The molecule has 4 nitrogen and oxygen atoms in total. The second kappa shape index (κ2) is 7.91. The van der Waals surface area contributed by atoms with Crippen LogP contribution in [-0.4, -0.2) is 50.7 Å². The van der Waals surface area contributed by atoms with Gasteiger partial charge in [0.25, 0.3) is 0 Å². The van der Waals surface area contributed by atoms with Crippen LogP contribution in [0.2, 0.25) is 0 Å². The second-order valence-electron chi connectivity index (χ2n) is 6.83. The molecule has 2 heterocycles. The Balaban J connectivity index is 2.08. The van der Waals surface area contributed by atoms with Crippen LogP contribution in [0.5, 0.6) is 0 Å². The first-order valence-corrected chi connectivity index (χ1v) is 8.68. The minimum absolute atomic E-state index is 0.0235. The summed E-state index contributed by atoms with van der Waals surface area (Å²) in [5.74, 6) is 1.13. The molecule has 0 saturated carbocycles. The Bertz CT molecular complexity index is 302. The van der Waals surface area contributed by atoms with E-state index < -0.39 is 0 Å². The number of ether oxygens (including phenoxy) is 3. The Kier molecular flexibility index (Phi) is 6.48. The van der Waals surface area contributed by atoms with Gasteiger partial charge in [0.15, 0.2) is 0 Å². The Morgan fingerprint density at radius 1 is 1.29 bits per heavy atom. The predicted molar refractivity (Wildman–Crippen MR) is 84.6 cm³/mol. The highest BCUT2D eigenvalue weighted by Crippen LogP contribution is 2.38. The fourth-order valence-electron chi connectivity index (χ4n) is 3.93. The summed E-state index contributed by atoms with van der Waals surface area (Å²) < 4.78 is 17.8. The Morgan fingerprint density at radius 3 is 2.67 bits per heavy atom. The molecule has 2 aliphatic rings. The molecule has 21 heavy (non-hydrogen) atoms. The van der Waals surface area contributed by atoms with Crippen LogP contribution in [0, 0.1) is 11.8 Å². The third kappa shape index (κ3) is 4.19. The molecule has 1 spiro atoms. The van der Waals surface area contributed by atoms with Gasteiger partial charge in [-0.05, 0) is 38.1 Å². The van der Waals surface area contributed by atoms with Crippen molar-refractivity contribution in [2.45, 2.75) is 64.7 Å². The van der Waals surface area contributed by atoms with E-state index >= 15 is 0 Å². The van der Waals surface area contributed by atoms with E-state index in [2.05, 4.69) is 33.0 Å². The largest absolute Gasteiger partial charge is 0.378 e. The van der Waals surface area contributed by atoms with E-state index in [-0.39, 0.29) is 11.7 Å². The van der Waals surface area contributed by atoms with Crippen molar-refractivity contribution in [1.82, 2.24) is 5.32 Å². The molecule has 2 aliphatic heterocycles. The molecule has 0 aromatic rings. The maximum Gasteiger partial charge on any atom is 0.0939 e. The molecule has 2 rings (SSSR count). The molecule has 0 amide bonds. The third-order valence-corrected chi connectivity index (χ3v) is 4.92. The van der Waals surface area contributed by atoms with Gasteiger partial charge < -0.3 is 19.5 Å². The van der Waals surface area contributed by atoms with Crippen LogP contribution in [0.15, 0.2) is 0 Å². The maximum absolute atomic E-state index is 6.09. The molecule has 0 bridgehead atoms. The van der Waals surface area contributed by atoms with E-state index in [4.69, 9.17) is 14.2 Å². The van der Waals surface area contributed by atoms with Gasteiger partial charge >= 0.3 is 0 Å². The third-order valence-electron chi connectivity index (χ3n) is 4.92. The molecular weight excluding hydrogens is 266 g/mol. The average molecular weight is 299 g/mol. The van der Waals surface area contributed by atoms with Gasteiger partial charge in [0.2, 0.25) is 0 Å². The summed E-state index contributed by atoms with van der Waals surface area (Å²) in [5.41, 5.74) is -0.0235. The van der Waals surface area contributed by atoms with Crippen LogP contribution >= 0.6 is 0 Å². The summed E-state index contributed by atoms with van der Waals surface area (Å²) in [6, 6.07) is 0.413. The fraction of sp³-hybridized carbons (Fsp3) is 1.00. The minimum atomic E-state index is -0.0235. The van der Waals surface area contributed by atoms with Crippen molar-refractivity contribution < 1.29 is 14.2 Å². The Labute approximate surface area is 129 Å². The Hall–Kier alpha value is -0.160. The van der Waals surface area contributed by atoms with Crippen molar-refractivity contribution in [1.29, 1.82) is 0 Å². The van der Waals surface area contributed by atoms with Gasteiger partial charge in [-0.2, -0.15) is 0 Å². The second-order valence-corrected chi connectivity index (χ2v) is 6.83. The number of hydrogen-bond acceptors (Lipinski definition) is 4. The van der Waals surface area contributed by atoms with Crippen LogP contribution < -0.4 is 5.32 Å². The van der Waals surface area contributed by atoms with Gasteiger partial charge in [0.1, 0.15) is 0 Å². The van der Waals surface area contributed by atoms with Crippen molar-refractivity contribution in [2.24, 2.45) is 11.8 Å². The normalized spacial score (nSPS) is 32.7. The lowest BCUT2D eigenvalue weighted by molar-refractivity contribution is -0.115. The SMILES string of the molecule is CCNC(C1CCOC2(CCOC2)C1)C(OCC)C(C)C. The molecule has 0 aromatic heterocycles. The van der Waals surface area contributed by atoms with Crippen molar-refractivity contribution in [3.63, 3.8) is 0 Å². The van der Waals surface area contributed by atoms with Crippen molar-refractivity contribution in [3.05, 3.63) is 0 Å². The predicted octanol–water partition coefficient (Wildman–Crippen LogP) is 2.61. The van der Waals surface area contributed by atoms with Crippen molar-refractivity contribution >= 4 is 0 Å². The first kappa shape index (κ1) is 17.2. The Morgan fingerprint density at radius 2 is 2.10 bits per heavy atom. The fourth-order valence-corrected chi connectivity index (χ4v) is 3.93. The van der Waals surface area contributed by atoms with Gasteiger partial charge in [0, 0.05) is 32.3 Å². The van der Waals surface area contributed by atoms with Gasteiger partial charge in [0.05, 0.1) is 18.3 Å². The average Bonchev–Trinajstić information content (AvgIpc) is 2.90. The maximum atomic E-state index is 6.09. The van der Waals surface area contributed by atoms with E-state index in [1.165, 1.54) is 0 Å². The summed E-state index contributed by atoms with van der Waals surface area (Å²) in [4.78, 5) is 0. The van der Waals surface area contributed by atoms with E-state index in [1.807, 2.05) is 0 Å². The highest BCUT2D eigenvalue weighted by atomic mass is 16.6.